The Kier molecular flexibility index (Phi) is 4.80. The number of halogens is 1. The average molecular weight is 287 g/mol. The predicted molar refractivity (Wildman–Crippen MR) is 66.3 cm³/mol. The van der Waals surface area contributed by atoms with Crippen LogP contribution in [0.2, 0.25) is 0 Å². The summed E-state index contributed by atoms with van der Waals surface area (Å²) in [4.78, 5) is 11.7. The predicted octanol–water partition coefficient (Wildman–Crippen LogP) is 3.08. The van der Waals surface area contributed by atoms with E-state index in [0.29, 0.717) is 23.2 Å². The maximum atomic E-state index is 11.7. The highest BCUT2D eigenvalue weighted by Crippen LogP contribution is 2.26. The molecule has 0 heterocycles. The van der Waals surface area contributed by atoms with Crippen molar-refractivity contribution in [2.75, 3.05) is 13.7 Å². The summed E-state index contributed by atoms with van der Waals surface area (Å²) in [6, 6.07) is 3.77. The van der Waals surface area contributed by atoms with Crippen LogP contribution in [0.4, 0.5) is 0 Å². The molecule has 88 valence electrons. The first-order valence-corrected chi connectivity index (χ1v) is 6.16. The van der Waals surface area contributed by atoms with Gasteiger partial charge in [0.25, 0.3) is 0 Å². The first-order chi connectivity index (χ1) is 7.63. The number of alkyl halides is 1. The second kappa shape index (κ2) is 5.89. The molecule has 3 nitrogen and oxygen atoms in total. The van der Waals surface area contributed by atoms with Gasteiger partial charge in [-0.2, -0.15) is 0 Å². The molecule has 1 aromatic carbocycles. The van der Waals surface area contributed by atoms with Crippen molar-refractivity contribution in [3.8, 4) is 5.75 Å². The zero-order valence-electron chi connectivity index (χ0n) is 9.67. The molecule has 0 radical (unpaired) electrons. The lowest BCUT2D eigenvalue weighted by molar-refractivity contribution is 0.0522. The molecule has 0 spiro atoms. The van der Waals surface area contributed by atoms with Gasteiger partial charge in [0.1, 0.15) is 11.3 Å². The maximum absolute atomic E-state index is 11.7. The van der Waals surface area contributed by atoms with Crippen molar-refractivity contribution in [2.45, 2.75) is 19.2 Å². The van der Waals surface area contributed by atoms with Crippen molar-refractivity contribution in [1.82, 2.24) is 0 Å². The number of esters is 1. The molecular formula is C12H15BrO3. The number of ether oxygens (including phenoxy) is 2. The van der Waals surface area contributed by atoms with Crippen LogP contribution in [0.1, 0.15) is 28.4 Å². The smallest absolute Gasteiger partial charge is 0.341 e. The van der Waals surface area contributed by atoms with Gasteiger partial charge in [-0.25, -0.2) is 4.79 Å². The van der Waals surface area contributed by atoms with Gasteiger partial charge in [-0.15, -0.1) is 0 Å². The Morgan fingerprint density at radius 1 is 1.44 bits per heavy atom. The van der Waals surface area contributed by atoms with E-state index in [2.05, 4.69) is 15.9 Å². The van der Waals surface area contributed by atoms with E-state index < -0.39 is 0 Å². The van der Waals surface area contributed by atoms with Gasteiger partial charge < -0.3 is 9.47 Å². The number of benzene rings is 1. The summed E-state index contributed by atoms with van der Waals surface area (Å²) in [6.45, 7) is 4.05. The van der Waals surface area contributed by atoms with Crippen LogP contribution in [0.15, 0.2) is 12.1 Å². The summed E-state index contributed by atoms with van der Waals surface area (Å²) >= 11 is 3.37. The number of aryl methyl sites for hydroxylation is 1. The molecule has 0 saturated carbocycles. The molecule has 4 heteroatoms. The van der Waals surface area contributed by atoms with Gasteiger partial charge in [-0.1, -0.05) is 22.0 Å². The highest BCUT2D eigenvalue weighted by Gasteiger charge is 2.16. The molecule has 1 aromatic rings. The zero-order chi connectivity index (χ0) is 12.1. The number of methoxy groups -OCH3 is 1. The van der Waals surface area contributed by atoms with Crippen LogP contribution >= 0.6 is 15.9 Å². The highest BCUT2D eigenvalue weighted by molar-refractivity contribution is 9.08. The minimum Gasteiger partial charge on any atom is -0.496 e. The largest absolute Gasteiger partial charge is 0.496 e. The fourth-order valence-electron chi connectivity index (χ4n) is 1.56. The quantitative estimate of drug-likeness (QED) is 0.630. The van der Waals surface area contributed by atoms with E-state index >= 15 is 0 Å². The van der Waals surface area contributed by atoms with Crippen LogP contribution in [0.3, 0.4) is 0 Å². The van der Waals surface area contributed by atoms with Crippen molar-refractivity contribution in [3.63, 3.8) is 0 Å². The van der Waals surface area contributed by atoms with E-state index in [0.717, 1.165) is 11.1 Å². The van der Waals surface area contributed by atoms with Gasteiger partial charge >= 0.3 is 5.97 Å². The lowest BCUT2D eigenvalue weighted by atomic mass is 10.1. The molecule has 0 N–H and O–H groups in total. The van der Waals surface area contributed by atoms with Gasteiger partial charge in [0.05, 0.1) is 13.7 Å². The summed E-state index contributed by atoms with van der Waals surface area (Å²) in [7, 11) is 1.55. The van der Waals surface area contributed by atoms with Crippen LogP contribution in [-0.4, -0.2) is 19.7 Å². The van der Waals surface area contributed by atoms with Crippen LogP contribution in [0, 0.1) is 6.92 Å². The summed E-state index contributed by atoms with van der Waals surface area (Å²) in [5, 5.41) is 0.699. The Morgan fingerprint density at radius 3 is 2.62 bits per heavy atom. The van der Waals surface area contributed by atoms with E-state index in [1.54, 1.807) is 20.1 Å². The van der Waals surface area contributed by atoms with Crippen molar-refractivity contribution in [3.05, 3.63) is 28.8 Å². The van der Waals surface area contributed by atoms with E-state index in [9.17, 15) is 4.79 Å². The molecule has 0 atom stereocenters. The molecule has 0 fully saturated rings. The fourth-order valence-corrected chi connectivity index (χ4v) is 1.88. The maximum Gasteiger partial charge on any atom is 0.341 e. The van der Waals surface area contributed by atoms with Crippen LogP contribution in [0.25, 0.3) is 0 Å². The number of hydrogen-bond donors (Lipinski definition) is 0. The van der Waals surface area contributed by atoms with Gasteiger partial charge in [-0.05, 0) is 31.0 Å². The molecule has 0 aliphatic carbocycles. The Hall–Kier alpha value is -1.03. The highest BCUT2D eigenvalue weighted by atomic mass is 79.9. The average Bonchev–Trinajstić information content (AvgIpc) is 2.28. The number of rotatable bonds is 4. The van der Waals surface area contributed by atoms with E-state index in [1.165, 1.54) is 0 Å². The lowest BCUT2D eigenvalue weighted by Crippen LogP contribution is -2.08. The normalized spacial score (nSPS) is 10.0. The molecule has 0 aliphatic rings. The number of carbonyl (C=O) groups is 1. The molecule has 0 aliphatic heterocycles. The Labute approximate surface area is 104 Å². The third-order valence-corrected chi connectivity index (χ3v) is 2.84. The Balaban J connectivity index is 3.22. The van der Waals surface area contributed by atoms with Crippen molar-refractivity contribution in [2.24, 2.45) is 0 Å². The van der Waals surface area contributed by atoms with Gasteiger partial charge in [0.2, 0.25) is 0 Å². The first-order valence-electron chi connectivity index (χ1n) is 5.04. The standard InChI is InChI=1S/C12H15BrO3/c1-4-16-12(14)10-6-9(7-13)5-8(2)11(10)15-3/h5-6H,4,7H2,1-3H3. The van der Waals surface area contributed by atoms with Crippen LogP contribution in [-0.2, 0) is 10.1 Å². The fraction of sp³-hybridized carbons (Fsp3) is 0.417. The topological polar surface area (TPSA) is 35.5 Å². The summed E-state index contributed by atoms with van der Waals surface area (Å²) in [5.74, 6) is 0.244. The third-order valence-electron chi connectivity index (χ3n) is 2.19. The number of hydrogen-bond acceptors (Lipinski definition) is 3. The monoisotopic (exact) mass is 286 g/mol. The Bertz CT molecular complexity index is 388. The third kappa shape index (κ3) is 2.76. The summed E-state index contributed by atoms with van der Waals surface area (Å²) < 4.78 is 10.2. The zero-order valence-corrected chi connectivity index (χ0v) is 11.3. The lowest BCUT2D eigenvalue weighted by Gasteiger charge is -2.12. The minimum absolute atomic E-state index is 0.342. The number of carbonyl (C=O) groups excluding carboxylic acids is 1. The van der Waals surface area contributed by atoms with Gasteiger partial charge in [0, 0.05) is 5.33 Å². The second-order valence-electron chi connectivity index (χ2n) is 3.35. The van der Waals surface area contributed by atoms with Gasteiger partial charge in [0.15, 0.2) is 0 Å². The van der Waals surface area contributed by atoms with Gasteiger partial charge in [-0.3, -0.25) is 0 Å². The van der Waals surface area contributed by atoms with Crippen molar-refractivity contribution >= 4 is 21.9 Å². The van der Waals surface area contributed by atoms with Crippen LogP contribution in [0.5, 0.6) is 5.75 Å². The summed E-state index contributed by atoms with van der Waals surface area (Å²) in [6.07, 6.45) is 0. The van der Waals surface area contributed by atoms with E-state index in [-0.39, 0.29) is 5.97 Å². The van der Waals surface area contributed by atoms with E-state index in [1.807, 2.05) is 13.0 Å². The Morgan fingerprint density at radius 2 is 2.12 bits per heavy atom. The first kappa shape index (κ1) is 13.0. The van der Waals surface area contributed by atoms with Crippen molar-refractivity contribution in [1.29, 1.82) is 0 Å². The van der Waals surface area contributed by atoms with Crippen molar-refractivity contribution < 1.29 is 14.3 Å². The molecule has 0 unspecified atom stereocenters. The van der Waals surface area contributed by atoms with Crippen LogP contribution < -0.4 is 4.74 Å². The second-order valence-corrected chi connectivity index (χ2v) is 3.91. The SMILES string of the molecule is CCOC(=O)c1cc(CBr)cc(C)c1OC. The molecule has 16 heavy (non-hydrogen) atoms. The molecule has 0 bridgehead atoms. The molecule has 1 rings (SSSR count). The molecule has 0 saturated heterocycles. The minimum atomic E-state index is -0.342. The molecule has 0 aromatic heterocycles. The summed E-state index contributed by atoms with van der Waals surface area (Å²) in [5.41, 5.74) is 2.45. The molecular weight excluding hydrogens is 272 g/mol. The molecule has 0 amide bonds. The van der Waals surface area contributed by atoms with E-state index in [4.69, 9.17) is 9.47 Å².